The van der Waals surface area contributed by atoms with Crippen molar-refractivity contribution in [2.24, 2.45) is 0 Å². The molecule has 0 aliphatic heterocycles. The van der Waals surface area contributed by atoms with Crippen molar-refractivity contribution in [1.29, 1.82) is 0 Å². The number of rotatable bonds is 6. The lowest BCUT2D eigenvalue weighted by Gasteiger charge is -2.09. The number of carbonyl (C=O) groups excluding carboxylic acids is 1. The van der Waals surface area contributed by atoms with Crippen LogP contribution >= 0.6 is 0 Å². The summed E-state index contributed by atoms with van der Waals surface area (Å²) in [6.45, 7) is 3.26. The molecule has 0 heterocycles. The Hall–Kier alpha value is -2.81. The summed E-state index contributed by atoms with van der Waals surface area (Å²) in [7, 11) is 0. The SMILES string of the molecule is CCCOc1ccc(C(=O)NCc2cccc3ccccc23)cc1. The molecule has 0 spiro atoms. The molecule has 3 heteroatoms. The van der Waals surface area contributed by atoms with Gasteiger partial charge < -0.3 is 10.1 Å². The van der Waals surface area contributed by atoms with Gasteiger partial charge in [-0.2, -0.15) is 0 Å². The van der Waals surface area contributed by atoms with Gasteiger partial charge in [0.2, 0.25) is 0 Å². The summed E-state index contributed by atoms with van der Waals surface area (Å²) >= 11 is 0. The summed E-state index contributed by atoms with van der Waals surface area (Å²) in [6, 6.07) is 21.6. The molecule has 24 heavy (non-hydrogen) atoms. The van der Waals surface area contributed by atoms with Crippen LogP contribution in [0.3, 0.4) is 0 Å². The van der Waals surface area contributed by atoms with E-state index in [1.165, 1.54) is 10.8 Å². The van der Waals surface area contributed by atoms with Crippen molar-refractivity contribution in [1.82, 2.24) is 5.32 Å². The van der Waals surface area contributed by atoms with Gasteiger partial charge in [-0.15, -0.1) is 0 Å². The molecule has 0 saturated carbocycles. The molecular weight excluding hydrogens is 298 g/mol. The molecule has 0 unspecified atom stereocenters. The van der Waals surface area contributed by atoms with Crippen LogP contribution in [-0.4, -0.2) is 12.5 Å². The van der Waals surface area contributed by atoms with Gasteiger partial charge in [0, 0.05) is 12.1 Å². The van der Waals surface area contributed by atoms with Crippen LogP contribution in [-0.2, 0) is 6.54 Å². The van der Waals surface area contributed by atoms with E-state index < -0.39 is 0 Å². The van der Waals surface area contributed by atoms with Crippen LogP contribution in [0.2, 0.25) is 0 Å². The number of benzene rings is 3. The zero-order chi connectivity index (χ0) is 16.8. The van der Waals surface area contributed by atoms with E-state index in [0.29, 0.717) is 18.7 Å². The van der Waals surface area contributed by atoms with E-state index in [1.54, 1.807) is 12.1 Å². The maximum Gasteiger partial charge on any atom is 0.251 e. The van der Waals surface area contributed by atoms with Crippen LogP contribution in [0, 0.1) is 0 Å². The average Bonchev–Trinajstić information content (AvgIpc) is 2.64. The Labute approximate surface area is 142 Å². The van der Waals surface area contributed by atoms with Crippen molar-refractivity contribution >= 4 is 16.7 Å². The third-order valence-electron chi connectivity index (χ3n) is 3.91. The van der Waals surface area contributed by atoms with E-state index in [1.807, 2.05) is 36.4 Å². The molecule has 0 aliphatic carbocycles. The molecule has 0 atom stereocenters. The van der Waals surface area contributed by atoms with Crippen molar-refractivity contribution in [3.8, 4) is 5.75 Å². The smallest absolute Gasteiger partial charge is 0.251 e. The second-order valence-corrected chi connectivity index (χ2v) is 5.69. The summed E-state index contributed by atoms with van der Waals surface area (Å²) in [5, 5.41) is 5.34. The van der Waals surface area contributed by atoms with E-state index in [0.717, 1.165) is 17.7 Å². The fourth-order valence-corrected chi connectivity index (χ4v) is 2.65. The highest BCUT2D eigenvalue weighted by Gasteiger charge is 2.07. The third-order valence-corrected chi connectivity index (χ3v) is 3.91. The monoisotopic (exact) mass is 319 g/mol. The standard InChI is InChI=1S/C21H21NO2/c1-2-14-24-19-12-10-17(11-13-19)21(23)22-15-18-8-5-7-16-6-3-4-9-20(16)18/h3-13H,2,14-15H2,1H3,(H,22,23). The van der Waals surface area contributed by atoms with Crippen molar-refractivity contribution in [2.75, 3.05) is 6.61 Å². The van der Waals surface area contributed by atoms with Gasteiger partial charge in [0.1, 0.15) is 5.75 Å². The molecule has 3 aromatic carbocycles. The first-order valence-electron chi connectivity index (χ1n) is 8.25. The van der Waals surface area contributed by atoms with Gasteiger partial charge in [0.15, 0.2) is 0 Å². The number of nitrogens with one attached hydrogen (secondary N) is 1. The minimum Gasteiger partial charge on any atom is -0.494 e. The summed E-state index contributed by atoms with van der Waals surface area (Å²) in [6.07, 6.45) is 0.966. The Kier molecular flexibility index (Phi) is 5.12. The highest BCUT2D eigenvalue weighted by molar-refractivity contribution is 5.94. The topological polar surface area (TPSA) is 38.3 Å². The van der Waals surface area contributed by atoms with Crippen LogP contribution in [0.15, 0.2) is 66.7 Å². The van der Waals surface area contributed by atoms with Gasteiger partial charge in [-0.05, 0) is 47.0 Å². The fraction of sp³-hybridized carbons (Fsp3) is 0.190. The van der Waals surface area contributed by atoms with Crippen LogP contribution in [0.1, 0.15) is 29.3 Å². The Morgan fingerprint density at radius 1 is 0.958 bits per heavy atom. The molecule has 3 nitrogen and oxygen atoms in total. The zero-order valence-corrected chi connectivity index (χ0v) is 13.8. The minimum atomic E-state index is -0.0787. The highest BCUT2D eigenvalue weighted by atomic mass is 16.5. The average molecular weight is 319 g/mol. The second kappa shape index (κ2) is 7.64. The van der Waals surface area contributed by atoms with E-state index >= 15 is 0 Å². The zero-order valence-electron chi connectivity index (χ0n) is 13.8. The number of ether oxygens (including phenoxy) is 1. The minimum absolute atomic E-state index is 0.0787. The first kappa shape index (κ1) is 16.1. The number of fused-ring (bicyclic) bond motifs is 1. The van der Waals surface area contributed by atoms with Crippen molar-refractivity contribution < 1.29 is 9.53 Å². The molecule has 1 amide bonds. The second-order valence-electron chi connectivity index (χ2n) is 5.69. The summed E-state index contributed by atoms with van der Waals surface area (Å²) in [5.74, 6) is 0.715. The maximum atomic E-state index is 12.3. The fourth-order valence-electron chi connectivity index (χ4n) is 2.65. The molecule has 0 aromatic heterocycles. The van der Waals surface area contributed by atoms with Crippen molar-refractivity contribution in [3.63, 3.8) is 0 Å². The Morgan fingerprint density at radius 3 is 2.50 bits per heavy atom. The van der Waals surface area contributed by atoms with E-state index in [4.69, 9.17) is 4.74 Å². The lowest BCUT2D eigenvalue weighted by Crippen LogP contribution is -2.22. The number of hydrogen-bond acceptors (Lipinski definition) is 2. The van der Waals surface area contributed by atoms with Crippen molar-refractivity contribution in [2.45, 2.75) is 19.9 Å². The third kappa shape index (κ3) is 3.74. The predicted octanol–water partition coefficient (Wildman–Crippen LogP) is 4.56. The van der Waals surface area contributed by atoms with Gasteiger partial charge in [-0.25, -0.2) is 0 Å². The quantitative estimate of drug-likeness (QED) is 0.723. The first-order chi connectivity index (χ1) is 11.8. The lowest BCUT2D eigenvalue weighted by atomic mass is 10.0. The van der Waals surface area contributed by atoms with Crippen molar-refractivity contribution in [3.05, 3.63) is 77.9 Å². The molecule has 122 valence electrons. The highest BCUT2D eigenvalue weighted by Crippen LogP contribution is 2.18. The molecule has 0 fully saturated rings. The molecule has 0 aliphatic rings. The molecule has 1 N–H and O–H groups in total. The molecule has 3 aromatic rings. The van der Waals surface area contributed by atoms with Crippen LogP contribution in [0.25, 0.3) is 10.8 Å². The lowest BCUT2D eigenvalue weighted by molar-refractivity contribution is 0.0951. The van der Waals surface area contributed by atoms with E-state index in [-0.39, 0.29) is 5.91 Å². The predicted molar refractivity (Wildman–Crippen MR) is 97.3 cm³/mol. The Bertz CT molecular complexity index is 819. The summed E-state index contributed by atoms with van der Waals surface area (Å²) in [5.41, 5.74) is 1.75. The van der Waals surface area contributed by atoms with Gasteiger partial charge in [-0.1, -0.05) is 49.4 Å². The van der Waals surface area contributed by atoms with Crippen LogP contribution < -0.4 is 10.1 Å². The van der Waals surface area contributed by atoms with Gasteiger partial charge >= 0.3 is 0 Å². The van der Waals surface area contributed by atoms with Crippen LogP contribution in [0.4, 0.5) is 0 Å². The Morgan fingerprint density at radius 2 is 1.71 bits per heavy atom. The number of hydrogen-bond donors (Lipinski definition) is 1. The van der Waals surface area contributed by atoms with E-state index in [9.17, 15) is 4.79 Å². The molecule has 0 radical (unpaired) electrons. The largest absolute Gasteiger partial charge is 0.494 e. The first-order valence-corrected chi connectivity index (χ1v) is 8.25. The maximum absolute atomic E-state index is 12.3. The number of amides is 1. The normalized spacial score (nSPS) is 10.5. The summed E-state index contributed by atoms with van der Waals surface area (Å²) < 4.78 is 5.54. The van der Waals surface area contributed by atoms with Gasteiger partial charge in [-0.3, -0.25) is 4.79 Å². The number of carbonyl (C=O) groups is 1. The van der Waals surface area contributed by atoms with Crippen LogP contribution in [0.5, 0.6) is 5.75 Å². The summed E-state index contributed by atoms with van der Waals surface area (Å²) in [4.78, 5) is 12.3. The molecule has 0 saturated heterocycles. The molecular formula is C21H21NO2. The van der Waals surface area contributed by atoms with E-state index in [2.05, 4.69) is 30.4 Å². The Balaban J connectivity index is 1.66. The van der Waals surface area contributed by atoms with Gasteiger partial charge in [0.05, 0.1) is 6.61 Å². The molecule has 0 bridgehead atoms. The molecule has 3 rings (SSSR count). The van der Waals surface area contributed by atoms with Gasteiger partial charge in [0.25, 0.3) is 5.91 Å².